The van der Waals surface area contributed by atoms with Crippen LogP contribution in [0.3, 0.4) is 0 Å². The van der Waals surface area contributed by atoms with E-state index in [1.165, 1.54) is 6.07 Å². The Bertz CT molecular complexity index is 573. The molecule has 2 aromatic carbocycles. The zero-order chi connectivity index (χ0) is 10.2. The molecule has 0 saturated heterocycles. The van der Waals surface area contributed by atoms with E-state index in [0.717, 1.165) is 5.39 Å². The van der Waals surface area contributed by atoms with Crippen LogP contribution in [0.15, 0.2) is 41.3 Å². The van der Waals surface area contributed by atoms with Crippen LogP contribution in [0.4, 0.5) is 0 Å². The monoisotopic (exact) mass is 231 g/mol. The summed E-state index contributed by atoms with van der Waals surface area (Å²) in [5, 5.41) is 1.25. The second kappa shape index (κ2) is 4.63. The molecular formula is C10H8NaO3S. The molecule has 73 valence electrons. The second-order valence-electron chi connectivity index (χ2n) is 2.87. The molecule has 0 fully saturated rings. The van der Waals surface area contributed by atoms with Crippen LogP contribution in [0.25, 0.3) is 10.8 Å². The Kier molecular flexibility index (Phi) is 3.92. The van der Waals surface area contributed by atoms with Crippen LogP contribution < -0.4 is 0 Å². The van der Waals surface area contributed by atoms with Crippen LogP contribution in [0.5, 0.6) is 0 Å². The molecule has 15 heavy (non-hydrogen) atoms. The van der Waals surface area contributed by atoms with Gasteiger partial charge in [-0.1, -0.05) is 36.4 Å². The van der Waals surface area contributed by atoms with Gasteiger partial charge in [0.25, 0.3) is 10.1 Å². The number of fused-ring (bicyclic) bond motifs is 1. The molecule has 0 aliphatic carbocycles. The fourth-order valence-electron chi connectivity index (χ4n) is 1.35. The van der Waals surface area contributed by atoms with E-state index >= 15 is 0 Å². The molecule has 0 unspecified atom stereocenters. The van der Waals surface area contributed by atoms with Crippen molar-refractivity contribution in [3.8, 4) is 0 Å². The van der Waals surface area contributed by atoms with Gasteiger partial charge in [0.15, 0.2) is 0 Å². The van der Waals surface area contributed by atoms with Gasteiger partial charge in [-0.25, -0.2) is 0 Å². The molecule has 1 radical (unpaired) electrons. The van der Waals surface area contributed by atoms with Crippen molar-refractivity contribution in [1.29, 1.82) is 0 Å². The first-order chi connectivity index (χ1) is 6.59. The van der Waals surface area contributed by atoms with Crippen LogP contribution in [-0.2, 0) is 10.1 Å². The van der Waals surface area contributed by atoms with Crippen molar-refractivity contribution in [1.82, 2.24) is 0 Å². The molecule has 0 spiro atoms. The molecule has 0 amide bonds. The van der Waals surface area contributed by atoms with Gasteiger partial charge in [-0.05, 0) is 5.39 Å². The SMILES string of the molecule is O=S(=O)(O)c1[c]ccc2ccccc12.[NaH]. The van der Waals surface area contributed by atoms with E-state index < -0.39 is 10.1 Å². The summed E-state index contributed by atoms with van der Waals surface area (Å²) in [6.45, 7) is 0. The van der Waals surface area contributed by atoms with Crippen molar-refractivity contribution in [3.05, 3.63) is 42.5 Å². The summed E-state index contributed by atoms with van der Waals surface area (Å²) in [6.07, 6.45) is 0. The van der Waals surface area contributed by atoms with E-state index in [0.29, 0.717) is 5.39 Å². The molecule has 0 saturated carbocycles. The Balaban J connectivity index is 0.00000112. The van der Waals surface area contributed by atoms with Gasteiger partial charge in [0.05, 0.1) is 0 Å². The third-order valence-electron chi connectivity index (χ3n) is 1.94. The van der Waals surface area contributed by atoms with Crippen LogP contribution >= 0.6 is 0 Å². The Hall–Kier alpha value is -0.390. The predicted molar refractivity (Wildman–Crippen MR) is 59.7 cm³/mol. The fourth-order valence-corrected chi connectivity index (χ4v) is 2.03. The maximum atomic E-state index is 11.0. The van der Waals surface area contributed by atoms with Crippen LogP contribution in [-0.4, -0.2) is 42.5 Å². The summed E-state index contributed by atoms with van der Waals surface area (Å²) in [5.41, 5.74) is 0. The Morgan fingerprint density at radius 1 is 1.13 bits per heavy atom. The van der Waals surface area contributed by atoms with Gasteiger partial charge < -0.3 is 0 Å². The number of rotatable bonds is 1. The summed E-state index contributed by atoms with van der Waals surface area (Å²) in [4.78, 5) is -0.171. The summed E-state index contributed by atoms with van der Waals surface area (Å²) in [7, 11) is -4.18. The summed E-state index contributed by atoms with van der Waals surface area (Å²) < 4.78 is 30.9. The molecule has 0 aliphatic rings. The predicted octanol–water partition coefficient (Wildman–Crippen LogP) is 1.24. The molecule has 1 N–H and O–H groups in total. The molecule has 3 nitrogen and oxygen atoms in total. The van der Waals surface area contributed by atoms with Crippen LogP contribution in [0.1, 0.15) is 0 Å². The number of benzene rings is 2. The number of hydrogen-bond acceptors (Lipinski definition) is 2. The first kappa shape index (κ1) is 12.7. The van der Waals surface area contributed by atoms with Crippen molar-refractivity contribution in [2.45, 2.75) is 4.90 Å². The van der Waals surface area contributed by atoms with E-state index in [4.69, 9.17) is 4.55 Å². The van der Waals surface area contributed by atoms with Gasteiger partial charge >= 0.3 is 29.6 Å². The topological polar surface area (TPSA) is 54.4 Å². The average molecular weight is 231 g/mol. The first-order valence-electron chi connectivity index (χ1n) is 3.96. The molecule has 5 heteroatoms. The van der Waals surface area contributed by atoms with Gasteiger partial charge in [0.1, 0.15) is 4.90 Å². The molecule has 0 heterocycles. The van der Waals surface area contributed by atoms with Crippen LogP contribution in [0.2, 0.25) is 0 Å². The van der Waals surface area contributed by atoms with Crippen molar-refractivity contribution >= 4 is 50.4 Å². The Morgan fingerprint density at radius 3 is 2.47 bits per heavy atom. The zero-order valence-electron chi connectivity index (χ0n) is 7.14. The van der Waals surface area contributed by atoms with Crippen molar-refractivity contribution in [2.24, 2.45) is 0 Å². The maximum absolute atomic E-state index is 11.0. The van der Waals surface area contributed by atoms with E-state index in [-0.39, 0.29) is 34.5 Å². The summed E-state index contributed by atoms with van der Waals surface area (Å²) in [6, 6.07) is 12.7. The second-order valence-corrected chi connectivity index (χ2v) is 4.23. The first-order valence-corrected chi connectivity index (χ1v) is 5.40. The third-order valence-corrected chi connectivity index (χ3v) is 2.79. The molecule has 2 aromatic rings. The van der Waals surface area contributed by atoms with Gasteiger partial charge in [-0.2, -0.15) is 8.42 Å². The molecule has 2 rings (SSSR count). The quantitative estimate of drug-likeness (QED) is 0.593. The Morgan fingerprint density at radius 2 is 1.80 bits per heavy atom. The summed E-state index contributed by atoms with van der Waals surface area (Å²) in [5.74, 6) is 0. The van der Waals surface area contributed by atoms with Crippen molar-refractivity contribution in [2.75, 3.05) is 0 Å². The Labute approximate surface area is 110 Å². The van der Waals surface area contributed by atoms with Crippen molar-refractivity contribution in [3.63, 3.8) is 0 Å². The number of hydrogen-bond donors (Lipinski definition) is 1. The molecule has 0 atom stereocenters. The average Bonchev–Trinajstić information content (AvgIpc) is 2.15. The van der Waals surface area contributed by atoms with Gasteiger partial charge in [-0.3, -0.25) is 4.55 Å². The van der Waals surface area contributed by atoms with Gasteiger partial charge in [-0.15, -0.1) is 0 Å². The fraction of sp³-hybridized carbons (Fsp3) is 0. The molecule has 0 aromatic heterocycles. The van der Waals surface area contributed by atoms with Gasteiger partial charge in [0.2, 0.25) is 0 Å². The molecular weight excluding hydrogens is 223 g/mol. The minimum absolute atomic E-state index is 0. The zero-order valence-corrected chi connectivity index (χ0v) is 7.95. The van der Waals surface area contributed by atoms with E-state index in [2.05, 4.69) is 6.07 Å². The van der Waals surface area contributed by atoms with E-state index in [1.807, 2.05) is 0 Å². The molecule has 0 bridgehead atoms. The molecule has 0 aliphatic heterocycles. The third kappa shape index (κ3) is 2.59. The minimum atomic E-state index is -4.18. The van der Waals surface area contributed by atoms with E-state index in [9.17, 15) is 8.42 Å². The standard InChI is InChI=1S/C10H7O3S.Na.H/c11-14(12,13)10-7-3-5-8-4-1-2-6-9(8)10;;/h1-6H,(H,11,12,13);;. The van der Waals surface area contributed by atoms with E-state index in [1.54, 1.807) is 30.3 Å². The normalized spacial score (nSPS) is 11.0. The van der Waals surface area contributed by atoms with Crippen molar-refractivity contribution < 1.29 is 13.0 Å². The van der Waals surface area contributed by atoms with Gasteiger partial charge in [0, 0.05) is 11.5 Å². The summed E-state index contributed by atoms with van der Waals surface area (Å²) >= 11 is 0. The van der Waals surface area contributed by atoms with Crippen LogP contribution in [0, 0.1) is 6.07 Å².